The summed E-state index contributed by atoms with van der Waals surface area (Å²) in [5, 5.41) is 7.98. The van der Waals surface area contributed by atoms with Crippen molar-refractivity contribution in [2.45, 2.75) is 13.5 Å². The molecular weight excluding hydrogens is 190 g/mol. The fraction of sp³-hybridized carbons (Fsp3) is 0.273. The third-order valence-electron chi connectivity index (χ3n) is 2.30. The van der Waals surface area contributed by atoms with Crippen molar-refractivity contribution in [1.82, 2.24) is 14.8 Å². The SMILES string of the molecule is CCn1cnnc1-c1ccc(OC)cc1. The molecule has 2 aromatic rings. The van der Waals surface area contributed by atoms with Gasteiger partial charge in [0.05, 0.1) is 7.11 Å². The molecule has 78 valence electrons. The van der Waals surface area contributed by atoms with E-state index in [1.54, 1.807) is 13.4 Å². The van der Waals surface area contributed by atoms with Crippen LogP contribution in [0.5, 0.6) is 5.75 Å². The van der Waals surface area contributed by atoms with Crippen LogP contribution >= 0.6 is 0 Å². The lowest BCUT2D eigenvalue weighted by Crippen LogP contribution is -1.95. The molecule has 0 N–H and O–H groups in total. The number of nitrogens with zero attached hydrogens (tertiary/aromatic N) is 3. The highest BCUT2D eigenvalue weighted by Crippen LogP contribution is 2.19. The highest BCUT2D eigenvalue weighted by Gasteiger charge is 2.05. The Balaban J connectivity index is 2.37. The van der Waals surface area contributed by atoms with Crippen molar-refractivity contribution in [1.29, 1.82) is 0 Å². The normalized spacial score (nSPS) is 10.3. The Kier molecular flexibility index (Phi) is 2.67. The van der Waals surface area contributed by atoms with Crippen molar-refractivity contribution in [2.75, 3.05) is 7.11 Å². The third kappa shape index (κ3) is 1.83. The van der Waals surface area contributed by atoms with Gasteiger partial charge in [-0.2, -0.15) is 0 Å². The lowest BCUT2D eigenvalue weighted by molar-refractivity contribution is 0.415. The zero-order chi connectivity index (χ0) is 10.7. The van der Waals surface area contributed by atoms with Crippen molar-refractivity contribution in [3.05, 3.63) is 30.6 Å². The Morgan fingerprint density at radius 2 is 2.00 bits per heavy atom. The molecule has 0 saturated carbocycles. The summed E-state index contributed by atoms with van der Waals surface area (Å²) in [5.41, 5.74) is 1.05. The predicted octanol–water partition coefficient (Wildman–Crippen LogP) is 1.97. The van der Waals surface area contributed by atoms with Crippen molar-refractivity contribution < 1.29 is 4.74 Å². The minimum absolute atomic E-state index is 0.848. The van der Waals surface area contributed by atoms with Gasteiger partial charge in [0.1, 0.15) is 12.1 Å². The summed E-state index contributed by atoms with van der Waals surface area (Å²) in [7, 11) is 1.66. The maximum absolute atomic E-state index is 5.10. The maximum Gasteiger partial charge on any atom is 0.163 e. The number of methoxy groups -OCH3 is 1. The second kappa shape index (κ2) is 4.13. The van der Waals surface area contributed by atoms with Crippen molar-refractivity contribution in [3.8, 4) is 17.1 Å². The molecule has 2 rings (SSSR count). The van der Waals surface area contributed by atoms with Crippen LogP contribution < -0.4 is 4.74 Å². The van der Waals surface area contributed by atoms with E-state index in [1.807, 2.05) is 28.8 Å². The summed E-state index contributed by atoms with van der Waals surface area (Å²) in [5.74, 6) is 1.74. The second-order valence-corrected chi connectivity index (χ2v) is 3.17. The van der Waals surface area contributed by atoms with Gasteiger partial charge < -0.3 is 9.30 Å². The zero-order valence-corrected chi connectivity index (χ0v) is 8.84. The summed E-state index contributed by atoms with van der Waals surface area (Å²) in [6.45, 7) is 2.94. The van der Waals surface area contributed by atoms with Crippen LogP contribution in [0.15, 0.2) is 30.6 Å². The van der Waals surface area contributed by atoms with Crippen LogP contribution in [-0.2, 0) is 6.54 Å². The Morgan fingerprint density at radius 1 is 1.27 bits per heavy atom. The summed E-state index contributed by atoms with van der Waals surface area (Å²) < 4.78 is 7.10. The largest absolute Gasteiger partial charge is 0.497 e. The number of hydrogen-bond acceptors (Lipinski definition) is 3. The minimum Gasteiger partial charge on any atom is -0.497 e. The molecule has 0 bridgehead atoms. The molecular formula is C11H13N3O. The second-order valence-electron chi connectivity index (χ2n) is 3.17. The molecule has 0 spiro atoms. The number of aryl methyl sites for hydroxylation is 1. The van der Waals surface area contributed by atoms with Crippen LogP contribution in [-0.4, -0.2) is 21.9 Å². The van der Waals surface area contributed by atoms with Crippen LogP contribution in [0.4, 0.5) is 0 Å². The molecule has 0 atom stereocenters. The van der Waals surface area contributed by atoms with E-state index in [1.165, 1.54) is 0 Å². The van der Waals surface area contributed by atoms with E-state index in [0.717, 1.165) is 23.7 Å². The number of aromatic nitrogens is 3. The quantitative estimate of drug-likeness (QED) is 0.765. The average molecular weight is 203 g/mol. The van der Waals surface area contributed by atoms with Gasteiger partial charge in [-0.25, -0.2) is 0 Å². The van der Waals surface area contributed by atoms with Gasteiger partial charge in [-0.05, 0) is 31.2 Å². The Labute approximate surface area is 88.5 Å². The molecule has 0 aliphatic heterocycles. The van der Waals surface area contributed by atoms with Gasteiger partial charge in [-0.15, -0.1) is 10.2 Å². The molecule has 0 amide bonds. The van der Waals surface area contributed by atoms with E-state index in [-0.39, 0.29) is 0 Å². The lowest BCUT2D eigenvalue weighted by atomic mass is 10.2. The maximum atomic E-state index is 5.10. The van der Waals surface area contributed by atoms with Gasteiger partial charge in [0, 0.05) is 12.1 Å². The topological polar surface area (TPSA) is 39.9 Å². The fourth-order valence-electron chi connectivity index (χ4n) is 1.45. The van der Waals surface area contributed by atoms with Crippen molar-refractivity contribution in [2.24, 2.45) is 0 Å². The molecule has 4 heteroatoms. The van der Waals surface area contributed by atoms with Gasteiger partial charge in [0.15, 0.2) is 5.82 Å². The highest BCUT2D eigenvalue weighted by molar-refractivity contribution is 5.56. The summed E-state index contributed by atoms with van der Waals surface area (Å²) in [6.07, 6.45) is 1.74. The molecule has 1 aromatic heterocycles. The number of hydrogen-bond donors (Lipinski definition) is 0. The van der Waals surface area contributed by atoms with E-state index in [2.05, 4.69) is 17.1 Å². The Bertz CT molecular complexity index is 433. The number of rotatable bonds is 3. The lowest BCUT2D eigenvalue weighted by Gasteiger charge is -2.04. The average Bonchev–Trinajstić information content (AvgIpc) is 2.77. The van der Waals surface area contributed by atoms with Gasteiger partial charge in [0.2, 0.25) is 0 Å². The molecule has 1 aromatic carbocycles. The summed E-state index contributed by atoms with van der Waals surface area (Å²) >= 11 is 0. The molecule has 0 aliphatic carbocycles. The molecule has 0 aliphatic rings. The first-order chi connectivity index (χ1) is 7.35. The first kappa shape index (κ1) is 9.71. The van der Waals surface area contributed by atoms with Gasteiger partial charge in [0.25, 0.3) is 0 Å². The van der Waals surface area contributed by atoms with Gasteiger partial charge in [-0.3, -0.25) is 0 Å². The summed E-state index contributed by atoms with van der Waals surface area (Å²) in [6, 6.07) is 7.80. The van der Waals surface area contributed by atoms with E-state index < -0.39 is 0 Å². The van der Waals surface area contributed by atoms with Crippen LogP contribution in [0.3, 0.4) is 0 Å². The van der Waals surface area contributed by atoms with Crippen molar-refractivity contribution >= 4 is 0 Å². The first-order valence-corrected chi connectivity index (χ1v) is 4.87. The molecule has 0 fully saturated rings. The monoisotopic (exact) mass is 203 g/mol. The van der Waals surface area contributed by atoms with Gasteiger partial charge in [-0.1, -0.05) is 0 Å². The predicted molar refractivity (Wildman–Crippen MR) is 57.7 cm³/mol. The molecule has 0 saturated heterocycles. The van der Waals surface area contributed by atoms with Crippen molar-refractivity contribution in [3.63, 3.8) is 0 Å². The van der Waals surface area contributed by atoms with Crippen LogP contribution in [0.2, 0.25) is 0 Å². The summed E-state index contributed by atoms with van der Waals surface area (Å²) in [4.78, 5) is 0. The van der Waals surface area contributed by atoms with Crippen LogP contribution in [0, 0.1) is 0 Å². The van der Waals surface area contributed by atoms with Crippen LogP contribution in [0.1, 0.15) is 6.92 Å². The van der Waals surface area contributed by atoms with E-state index in [4.69, 9.17) is 4.74 Å². The minimum atomic E-state index is 0.848. The number of ether oxygens (including phenoxy) is 1. The number of benzene rings is 1. The first-order valence-electron chi connectivity index (χ1n) is 4.87. The molecule has 15 heavy (non-hydrogen) atoms. The van der Waals surface area contributed by atoms with Crippen LogP contribution in [0.25, 0.3) is 11.4 Å². The van der Waals surface area contributed by atoms with E-state index in [0.29, 0.717) is 0 Å². The standard InChI is InChI=1S/C11H13N3O/c1-3-14-8-12-13-11(14)9-4-6-10(15-2)7-5-9/h4-8H,3H2,1-2H3. The zero-order valence-electron chi connectivity index (χ0n) is 8.84. The Morgan fingerprint density at radius 3 is 2.60 bits per heavy atom. The molecule has 0 radical (unpaired) electrons. The highest BCUT2D eigenvalue weighted by atomic mass is 16.5. The Hall–Kier alpha value is -1.84. The molecule has 4 nitrogen and oxygen atoms in total. The molecule has 1 heterocycles. The smallest absolute Gasteiger partial charge is 0.163 e. The van der Waals surface area contributed by atoms with E-state index >= 15 is 0 Å². The van der Waals surface area contributed by atoms with Gasteiger partial charge >= 0.3 is 0 Å². The van der Waals surface area contributed by atoms with E-state index in [9.17, 15) is 0 Å². The third-order valence-corrected chi connectivity index (χ3v) is 2.30. The fourth-order valence-corrected chi connectivity index (χ4v) is 1.45. The molecule has 0 unspecified atom stereocenters.